The number of likely N-dealkylation sites (tertiary alicyclic amines) is 1. The fourth-order valence-corrected chi connectivity index (χ4v) is 4.17. The average molecular weight is 405 g/mol. The number of carbonyl (C=O) groups excluding carboxylic acids is 2. The van der Waals surface area contributed by atoms with Gasteiger partial charge in [-0.3, -0.25) is 9.59 Å². The van der Waals surface area contributed by atoms with E-state index in [-0.39, 0.29) is 36.6 Å². The Morgan fingerprint density at radius 1 is 1.47 bits per heavy atom. The predicted octanol–water partition coefficient (Wildman–Crippen LogP) is 1.94. The second kappa shape index (κ2) is 7.75. The number of aromatic amines is 1. The number of carbonyl (C=O) groups is 2. The first-order valence-corrected chi connectivity index (χ1v) is 10.1. The van der Waals surface area contributed by atoms with Crippen molar-refractivity contribution in [3.8, 4) is 6.07 Å². The van der Waals surface area contributed by atoms with E-state index >= 15 is 0 Å². The minimum Gasteiger partial charge on any atom is -0.346 e. The first kappa shape index (κ1) is 19.8. The van der Waals surface area contributed by atoms with Crippen LogP contribution in [-0.2, 0) is 9.59 Å². The Balaban J connectivity index is 1.70. The highest BCUT2D eigenvalue weighted by atomic mass is 16.2. The first-order valence-electron chi connectivity index (χ1n) is 10.1. The van der Waals surface area contributed by atoms with Gasteiger partial charge in [-0.05, 0) is 18.4 Å². The maximum absolute atomic E-state index is 13.1. The molecule has 0 spiro atoms. The molecule has 2 aliphatic rings. The van der Waals surface area contributed by atoms with Crippen molar-refractivity contribution < 1.29 is 9.59 Å². The summed E-state index contributed by atoms with van der Waals surface area (Å²) in [6, 6.07) is 3.64. The van der Waals surface area contributed by atoms with Crippen molar-refractivity contribution in [2.75, 3.05) is 24.5 Å². The fraction of sp³-hybridized carbons (Fsp3) is 0.524. The molecular formula is C21H23N7O2. The van der Waals surface area contributed by atoms with Crippen LogP contribution in [0, 0.1) is 23.8 Å². The van der Waals surface area contributed by atoms with E-state index in [9.17, 15) is 9.59 Å². The molecule has 1 aliphatic carbocycles. The summed E-state index contributed by atoms with van der Waals surface area (Å²) in [5.74, 6) is 0.528. The van der Waals surface area contributed by atoms with Gasteiger partial charge in [0.05, 0.1) is 24.0 Å². The monoisotopic (exact) mass is 405 g/mol. The molecule has 0 bridgehead atoms. The van der Waals surface area contributed by atoms with Crippen LogP contribution in [-0.4, -0.2) is 62.8 Å². The lowest BCUT2D eigenvalue weighted by atomic mass is 9.91. The number of H-pyrrole nitrogens is 1. The number of fused-ring (bicyclic) bond motifs is 1. The Bertz CT molecular complexity index is 1060. The van der Waals surface area contributed by atoms with Crippen molar-refractivity contribution in [2.24, 2.45) is 5.92 Å². The van der Waals surface area contributed by atoms with Gasteiger partial charge in [0.15, 0.2) is 0 Å². The summed E-state index contributed by atoms with van der Waals surface area (Å²) in [4.78, 5) is 44.5. The Hall–Kier alpha value is -3.46. The van der Waals surface area contributed by atoms with Crippen molar-refractivity contribution in [1.29, 1.82) is 5.26 Å². The maximum Gasteiger partial charge on any atom is 0.292 e. The molecule has 2 fully saturated rings. The molecule has 1 saturated heterocycles. The van der Waals surface area contributed by atoms with Gasteiger partial charge >= 0.3 is 0 Å². The summed E-state index contributed by atoms with van der Waals surface area (Å²) in [6.45, 7) is 10.6. The quantitative estimate of drug-likeness (QED) is 0.736. The molecular weight excluding hydrogens is 382 g/mol. The molecule has 1 unspecified atom stereocenters. The van der Waals surface area contributed by atoms with Crippen LogP contribution in [0.3, 0.4) is 0 Å². The third kappa shape index (κ3) is 3.48. The molecule has 154 valence electrons. The van der Waals surface area contributed by atoms with E-state index in [1.807, 2.05) is 17.0 Å². The van der Waals surface area contributed by atoms with E-state index in [1.165, 1.54) is 6.33 Å². The van der Waals surface area contributed by atoms with Crippen molar-refractivity contribution in [3.05, 3.63) is 30.0 Å². The normalized spacial score (nSPS) is 22.2. The molecule has 1 N–H and O–H groups in total. The van der Waals surface area contributed by atoms with Gasteiger partial charge < -0.3 is 19.6 Å². The van der Waals surface area contributed by atoms with Gasteiger partial charge in [-0.15, -0.1) is 0 Å². The second-order valence-electron chi connectivity index (χ2n) is 8.14. The number of nitrogens with one attached hydrogen (secondary N) is 1. The van der Waals surface area contributed by atoms with Crippen LogP contribution < -0.4 is 4.90 Å². The zero-order valence-electron chi connectivity index (χ0n) is 16.8. The fourth-order valence-electron chi connectivity index (χ4n) is 4.17. The number of ketones is 1. The number of aromatic nitrogens is 3. The summed E-state index contributed by atoms with van der Waals surface area (Å²) in [7, 11) is 0. The Labute approximate surface area is 174 Å². The van der Waals surface area contributed by atoms with Crippen LogP contribution >= 0.6 is 0 Å². The number of hydrogen-bond donors (Lipinski definition) is 1. The predicted molar refractivity (Wildman–Crippen MR) is 109 cm³/mol. The SMILES string of the molecule is [C-]#[N+]C1(C(=O)CN(c2ncnc3[nH]ccc23)C2CN(C(=O)CC#N)CC[C@H]2C)CC1. The van der Waals surface area contributed by atoms with Crippen LogP contribution in [0.15, 0.2) is 18.6 Å². The summed E-state index contributed by atoms with van der Waals surface area (Å²) in [6.07, 6.45) is 5.04. The lowest BCUT2D eigenvalue weighted by molar-refractivity contribution is -0.131. The molecule has 30 heavy (non-hydrogen) atoms. The summed E-state index contributed by atoms with van der Waals surface area (Å²) >= 11 is 0. The van der Waals surface area contributed by atoms with Crippen molar-refractivity contribution in [2.45, 2.75) is 44.2 Å². The highest BCUT2D eigenvalue weighted by Gasteiger charge is 2.58. The van der Waals surface area contributed by atoms with Gasteiger partial charge in [0, 0.05) is 32.1 Å². The Morgan fingerprint density at radius 2 is 2.27 bits per heavy atom. The van der Waals surface area contributed by atoms with E-state index < -0.39 is 5.54 Å². The van der Waals surface area contributed by atoms with Crippen LogP contribution in [0.1, 0.15) is 32.6 Å². The summed E-state index contributed by atoms with van der Waals surface area (Å²) < 4.78 is 0. The van der Waals surface area contributed by atoms with E-state index in [4.69, 9.17) is 11.8 Å². The zero-order chi connectivity index (χ0) is 21.3. The lowest BCUT2D eigenvalue weighted by Gasteiger charge is -2.43. The molecule has 2 aromatic rings. The van der Waals surface area contributed by atoms with E-state index in [0.29, 0.717) is 37.4 Å². The molecule has 3 heterocycles. The minimum atomic E-state index is -0.906. The first-order chi connectivity index (χ1) is 14.5. The van der Waals surface area contributed by atoms with Crippen LogP contribution in [0.25, 0.3) is 15.9 Å². The van der Waals surface area contributed by atoms with Gasteiger partial charge in [0.25, 0.3) is 5.54 Å². The summed E-state index contributed by atoms with van der Waals surface area (Å²) in [5, 5.41) is 9.71. The number of nitrogens with zero attached hydrogens (tertiary/aromatic N) is 6. The van der Waals surface area contributed by atoms with Gasteiger partial charge in [0.2, 0.25) is 11.7 Å². The number of anilines is 1. The molecule has 1 amide bonds. The topological polar surface area (TPSA) is 110 Å². The molecule has 1 saturated carbocycles. The molecule has 9 heteroatoms. The summed E-state index contributed by atoms with van der Waals surface area (Å²) in [5.41, 5.74) is -0.235. The van der Waals surface area contributed by atoms with Crippen molar-refractivity contribution in [3.63, 3.8) is 0 Å². The zero-order valence-corrected chi connectivity index (χ0v) is 16.8. The molecule has 0 aromatic carbocycles. The van der Waals surface area contributed by atoms with E-state index in [0.717, 1.165) is 11.8 Å². The van der Waals surface area contributed by atoms with Crippen LogP contribution in [0.4, 0.5) is 5.82 Å². The third-order valence-electron chi connectivity index (χ3n) is 6.28. The number of Topliss-reactive ketones (excluding diaryl/α,β-unsaturated/α-hetero) is 1. The largest absolute Gasteiger partial charge is 0.346 e. The van der Waals surface area contributed by atoms with Crippen LogP contribution in [0.2, 0.25) is 0 Å². The van der Waals surface area contributed by atoms with Gasteiger partial charge in [-0.2, -0.15) is 5.26 Å². The van der Waals surface area contributed by atoms with Crippen LogP contribution in [0.5, 0.6) is 0 Å². The average Bonchev–Trinajstić information content (AvgIpc) is 3.41. The van der Waals surface area contributed by atoms with Crippen molar-refractivity contribution in [1.82, 2.24) is 19.9 Å². The standard InChI is InChI=1S/C21H23N7O2/c1-14-5-10-27(18(30)3-8-22)11-16(14)28(12-17(29)21(23-2)6-7-21)20-15-4-9-24-19(15)25-13-26-20/h4,9,13-14,16H,3,5-7,10-12H2,1H3,(H,24,25,26)/t14-,16?/m1/s1. The minimum absolute atomic E-state index is 0.0644. The number of nitriles is 1. The number of piperidine rings is 1. The molecule has 1 aliphatic heterocycles. The number of hydrogen-bond acceptors (Lipinski definition) is 6. The number of amides is 1. The molecule has 2 atom stereocenters. The number of rotatable bonds is 6. The molecule has 9 nitrogen and oxygen atoms in total. The van der Waals surface area contributed by atoms with Gasteiger partial charge in [-0.1, -0.05) is 6.92 Å². The van der Waals surface area contributed by atoms with Crippen molar-refractivity contribution >= 4 is 28.5 Å². The lowest BCUT2D eigenvalue weighted by Crippen LogP contribution is -2.55. The van der Waals surface area contributed by atoms with E-state index in [2.05, 4.69) is 26.7 Å². The molecule has 0 radical (unpaired) electrons. The molecule has 4 rings (SSSR count). The Kier molecular flexibility index (Phi) is 5.13. The third-order valence-corrected chi connectivity index (χ3v) is 6.28. The van der Waals surface area contributed by atoms with E-state index in [1.54, 1.807) is 11.1 Å². The Morgan fingerprint density at radius 3 is 2.97 bits per heavy atom. The van der Waals surface area contributed by atoms with Gasteiger partial charge in [-0.25, -0.2) is 16.5 Å². The molecule has 2 aromatic heterocycles. The highest BCUT2D eigenvalue weighted by Crippen LogP contribution is 2.41. The highest BCUT2D eigenvalue weighted by molar-refractivity contribution is 5.98. The van der Waals surface area contributed by atoms with Gasteiger partial charge in [0.1, 0.15) is 24.2 Å². The second-order valence-corrected chi connectivity index (χ2v) is 8.14. The maximum atomic E-state index is 13.1. The smallest absolute Gasteiger partial charge is 0.292 e.